The number of fused-ring (bicyclic) bond motifs is 2. The zero-order chi connectivity index (χ0) is 22.7. The fraction of sp³-hybridized carbons (Fsp3) is 0.364. The molecule has 32 heavy (non-hydrogen) atoms. The number of rotatable bonds is 0. The molecule has 3 aromatic rings. The number of ether oxygens (including phenoxy) is 1. The number of likely N-dealkylation sites (N-methyl/N-ethyl adjacent to an activating group) is 2. The fourth-order valence-electron chi connectivity index (χ4n) is 3.43. The number of carbonyl (C=O) groups is 1. The van der Waals surface area contributed by atoms with Crippen molar-refractivity contribution in [3.8, 4) is 11.6 Å². The molecule has 168 valence electrons. The number of hydrogen-bond donors (Lipinski definition) is 3. The van der Waals surface area contributed by atoms with Gasteiger partial charge in [0.2, 0.25) is 0 Å². The predicted molar refractivity (Wildman–Crippen MR) is 123 cm³/mol. The molecule has 4 rings (SSSR count). The molecule has 1 aliphatic rings. The zero-order valence-electron chi connectivity index (χ0n) is 18.4. The molecule has 0 spiro atoms. The summed E-state index contributed by atoms with van der Waals surface area (Å²) in [5, 5.41) is 14.4. The Morgan fingerprint density at radius 1 is 1.16 bits per heavy atom. The molecule has 0 saturated heterocycles. The van der Waals surface area contributed by atoms with E-state index in [1.807, 2.05) is 26.1 Å². The lowest BCUT2D eigenvalue weighted by Gasteiger charge is -2.22. The average molecular weight is 438 g/mol. The fourth-order valence-corrected chi connectivity index (χ4v) is 3.43. The summed E-state index contributed by atoms with van der Waals surface area (Å²) in [4.78, 5) is 32.2. The first-order chi connectivity index (χ1) is 15.4. The Hall–Kier alpha value is -3.66. The molecule has 0 aliphatic carbocycles. The summed E-state index contributed by atoms with van der Waals surface area (Å²) in [6.07, 6.45) is 3.02. The van der Waals surface area contributed by atoms with Crippen LogP contribution in [0.3, 0.4) is 0 Å². The summed E-state index contributed by atoms with van der Waals surface area (Å²) in [6.45, 7) is 4.56. The lowest BCUT2D eigenvalue weighted by Crippen LogP contribution is -2.38. The summed E-state index contributed by atoms with van der Waals surface area (Å²) in [6, 6.07) is 5.51. The summed E-state index contributed by atoms with van der Waals surface area (Å²) in [5.74, 6) is 1.09. The van der Waals surface area contributed by atoms with Crippen molar-refractivity contribution in [2.75, 3.05) is 52.2 Å². The Morgan fingerprint density at radius 2 is 2.00 bits per heavy atom. The van der Waals surface area contributed by atoms with Crippen molar-refractivity contribution in [3.63, 3.8) is 0 Å². The number of amides is 1. The van der Waals surface area contributed by atoms with Gasteiger partial charge in [-0.25, -0.2) is 9.97 Å². The highest BCUT2D eigenvalue weighted by Crippen LogP contribution is 2.30. The Kier molecular flexibility index (Phi) is 6.22. The minimum atomic E-state index is -0.0868. The number of aromatic hydroxyl groups is 1. The van der Waals surface area contributed by atoms with E-state index in [-0.39, 0.29) is 18.4 Å². The van der Waals surface area contributed by atoms with Crippen LogP contribution in [0.1, 0.15) is 11.1 Å². The van der Waals surface area contributed by atoms with E-state index >= 15 is 0 Å². The molecule has 0 fully saturated rings. The molecule has 2 bridgehead atoms. The van der Waals surface area contributed by atoms with Gasteiger partial charge in [-0.15, -0.1) is 0 Å². The number of aliphatic imine (C=N–C) groups is 1. The van der Waals surface area contributed by atoms with Crippen LogP contribution in [-0.2, 0) is 4.79 Å². The molecule has 3 N–H and O–H groups in total. The van der Waals surface area contributed by atoms with Crippen LogP contribution in [0.25, 0.3) is 11.0 Å². The molecule has 10 heteroatoms. The van der Waals surface area contributed by atoms with Gasteiger partial charge < -0.3 is 29.9 Å². The van der Waals surface area contributed by atoms with Gasteiger partial charge in [-0.3, -0.25) is 9.79 Å². The van der Waals surface area contributed by atoms with Gasteiger partial charge in [0.25, 0.3) is 5.91 Å². The second kappa shape index (κ2) is 9.23. The van der Waals surface area contributed by atoms with Gasteiger partial charge in [-0.1, -0.05) is 6.07 Å². The first-order valence-corrected chi connectivity index (χ1v) is 10.4. The van der Waals surface area contributed by atoms with E-state index < -0.39 is 0 Å². The Labute approximate surface area is 185 Å². The summed E-state index contributed by atoms with van der Waals surface area (Å²) in [7, 11) is 3.78. The highest BCUT2D eigenvalue weighted by atomic mass is 16.5. The number of aryl methyl sites for hydroxylation is 1. The SMILES string of the molecule is Cc1ccc2cc1OCC(=O)N(C)CCN(C)CCNc1ncnc3[nH]c(O)c(c13)C=N2. The highest BCUT2D eigenvalue weighted by Gasteiger charge is 2.16. The van der Waals surface area contributed by atoms with Gasteiger partial charge >= 0.3 is 0 Å². The third-order valence-electron chi connectivity index (χ3n) is 5.50. The van der Waals surface area contributed by atoms with Crippen molar-refractivity contribution in [3.05, 3.63) is 35.7 Å². The van der Waals surface area contributed by atoms with Gasteiger partial charge in [0.1, 0.15) is 23.5 Å². The lowest BCUT2D eigenvalue weighted by atomic mass is 10.2. The van der Waals surface area contributed by atoms with Crippen molar-refractivity contribution in [2.24, 2.45) is 4.99 Å². The average Bonchev–Trinajstić information content (AvgIpc) is 3.10. The van der Waals surface area contributed by atoms with Crippen LogP contribution in [0.15, 0.2) is 29.5 Å². The molecule has 0 radical (unpaired) electrons. The summed E-state index contributed by atoms with van der Waals surface area (Å²) >= 11 is 0. The molecular weight excluding hydrogens is 410 g/mol. The Morgan fingerprint density at radius 3 is 2.84 bits per heavy atom. The minimum Gasteiger partial charge on any atom is -0.494 e. The quantitative estimate of drug-likeness (QED) is 0.492. The van der Waals surface area contributed by atoms with E-state index in [9.17, 15) is 9.90 Å². The zero-order valence-corrected chi connectivity index (χ0v) is 18.4. The van der Waals surface area contributed by atoms with Crippen LogP contribution in [0.2, 0.25) is 0 Å². The predicted octanol–water partition coefficient (Wildman–Crippen LogP) is 1.92. The van der Waals surface area contributed by atoms with Gasteiger partial charge in [0, 0.05) is 45.5 Å². The number of benzene rings is 1. The van der Waals surface area contributed by atoms with Gasteiger partial charge in [0.05, 0.1) is 16.6 Å². The Balaban J connectivity index is 1.72. The van der Waals surface area contributed by atoms with Gasteiger partial charge in [0.15, 0.2) is 12.5 Å². The second-order valence-electron chi connectivity index (χ2n) is 7.88. The van der Waals surface area contributed by atoms with Crippen LogP contribution in [0, 0.1) is 6.92 Å². The van der Waals surface area contributed by atoms with E-state index in [1.165, 1.54) is 6.33 Å². The van der Waals surface area contributed by atoms with Gasteiger partial charge in [-0.05, 0) is 25.6 Å². The van der Waals surface area contributed by atoms with Crippen molar-refractivity contribution < 1.29 is 14.6 Å². The molecule has 10 nitrogen and oxygen atoms in total. The van der Waals surface area contributed by atoms with Crippen molar-refractivity contribution in [1.82, 2.24) is 24.8 Å². The molecule has 0 atom stereocenters. The molecule has 1 aliphatic heterocycles. The standard InChI is InChI=1S/C22H27N7O3/c1-14-4-5-15-10-17(14)32-12-18(30)29(3)9-8-28(2)7-6-23-20-19-16(11-24-15)22(31)27-21(19)26-13-25-20/h4-5,10-11,13,31H,6-9,12H2,1-3H3,(H2,23,25,26,27). The third kappa shape index (κ3) is 4.65. The number of hydrogen-bond acceptors (Lipinski definition) is 8. The van der Waals surface area contributed by atoms with Crippen LogP contribution in [0.5, 0.6) is 11.6 Å². The molecule has 3 heterocycles. The number of anilines is 1. The van der Waals surface area contributed by atoms with Crippen LogP contribution in [0.4, 0.5) is 11.5 Å². The summed E-state index contributed by atoms with van der Waals surface area (Å²) in [5.41, 5.74) is 2.56. The minimum absolute atomic E-state index is 0.0314. The number of nitrogens with zero attached hydrogens (tertiary/aromatic N) is 5. The molecule has 0 saturated carbocycles. The van der Waals surface area contributed by atoms with E-state index in [4.69, 9.17) is 4.74 Å². The highest BCUT2D eigenvalue weighted by molar-refractivity contribution is 6.06. The van der Waals surface area contributed by atoms with Crippen molar-refractivity contribution in [2.45, 2.75) is 6.92 Å². The molecule has 0 unspecified atom stereocenters. The smallest absolute Gasteiger partial charge is 0.260 e. The molecular formula is C22H27N7O3. The topological polar surface area (TPSA) is 119 Å². The van der Waals surface area contributed by atoms with Crippen molar-refractivity contribution >= 4 is 34.7 Å². The first kappa shape index (κ1) is 21.6. The maximum Gasteiger partial charge on any atom is 0.260 e. The number of H-pyrrole nitrogens is 1. The second-order valence-corrected chi connectivity index (χ2v) is 7.88. The number of nitrogens with one attached hydrogen (secondary N) is 2. The molecule has 1 amide bonds. The van der Waals surface area contributed by atoms with E-state index in [0.29, 0.717) is 46.9 Å². The van der Waals surface area contributed by atoms with Gasteiger partial charge in [-0.2, -0.15) is 0 Å². The Bertz CT molecular complexity index is 1160. The summed E-state index contributed by atoms with van der Waals surface area (Å²) < 4.78 is 5.79. The maximum absolute atomic E-state index is 12.5. The van der Waals surface area contributed by atoms with Crippen LogP contribution < -0.4 is 10.1 Å². The monoisotopic (exact) mass is 437 g/mol. The van der Waals surface area contributed by atoms with Crippen LogP contribution >= 0.6 is 0 Å². The van der Waals surface area contributed by atoms with E-state index in [2.05, 4.69) is 30.2 Å². The normalized spacial score (nSPS) is 16.3. The van der Waals surface area contributed by atoms with Crippen molar-refractivity contribution in [1.29, 1.82) is 0 Å². The first-order valence-electron chi connectivity index (χ1n) is 10.4. The largest absolute Gasteiger partial charge is 0.494 e. The number of carbonyl (C=O) groups excluding carboxylic acids is 1. The number of aromatic amines is 1. The molecule has 1 aromatic carbocycles. The van der Waals surface area contributed by atoms with E-state index in [1.54, 1.807) is 24.2 Å². The lowest BCUT2D eigenvalue weighted by molar-refractivity contribution is -0.132. The number of aromatic nitrogens is 3. The van der Waals surface area contributed by atoms with E-state index in [0.717, 1.165) is 18.7 Å². The van der Waals surface area contributed by atoms with Crippen LogP contribution in [-0.4, -0.2) is 88.9 Å². The maximum atomic E-state index is 12.5. The third-order valence-corrected chi connectivity index (χ3v) is 5.50. The molecule has 2 aromatic heterocycles.